The van der Waals surface area contributed by atoms with E-state index in [2.05, 4.69) is 10.2 Å². The average Bonchev–Trinajstić information content (AvgIpc) is 2.35. The summed E-state index contributed by atoms with van der Waals surface area (Å²) in [5.41, 5.74) is 5.64. The molecule has 74 valence electrons. The third-order valence-corrected chi connectivity index (χ3v) is 3.02. The standard InChI is InChI=1S/C8H16N4S/c1-6(9)4-13-5-8-11-10-7(2)12(8)3/h6H,4-5,9H2,1-3H3. The van der Waals surface area contributed by atoms with Crippen molar-refractivity contribution < 1.29 is 0 Å². The van der Waals surface area contributed by atoms with Crippen molar-refractivity contribution in [3.8, 4) is 0 Å². The Kier molecular flexibility index (Phi) is 3.74. The van der Waals surface area contributed by atoms with Gasteiger partial charge >= 0.3 is 0 Å². The zero-order chi connectivity index (χ0) is 9.84. The number of hydrogen-bond donors (Lipinski definition) is 1. The van der Waals surface area contributed by atoms with Crippen LogP contribution >= 0.6 is 11.8 Å². The predicted octanol–water partition coefficient (Wildman–Crippen LogP) is 0.704. The highest BCUT2D eigenvalue weighted by Gasteiger charge is 2.04. The monoisotopic (exact) mass is 200 g/mol. The van der Waals surface area contributed by atoms with Gasteiger partial charge in [-0.3, -0.25) is 0 Å². The lowest BCUT2D eigenvalue weighted by Crippen LogP contribution is -2.17. The van der Waals surface area contributed by atoms with Gasteiger partial charge in [0.15, 0.2) is 0 Å². The van der Waals surface area contributed by atoms with Gasteiger partial charge in [0.05, 0.1) is 5.75 Å². The molecule has 1 atom stereocenters. The van der Waals surface area contributed by atoms with Crippen LogP contribution in [0.4, 0.5) is 0 Å². The van der Waals surface area contributed by atoms with Crippen molar-refractivity contribution in [3.63, 3.8) is 0 Å². The molecule has 1 aromatic rings. The fraction of sp³-hybridized carbons (Fsp3) is 0.750. The van der Waals surface area contributed by atoms with Crippen LogP contribution in [0, 0.1) is 6.92 Å². The van der Waals surface area contributed by atoms with E-state index < -0.39 is 0 Å². The topological polar surface area (TPSA) is 56.7 Å². The number of hydrogen-bond acceptors (Lipinski definition) is 4. The minimum Gasteiger partial charge on any atom is -0.327 e. The lowest BCUT2D eigenvalue weighted by molar-refractivity contribution is 0.813. The molecule has 0 saturated carbocycles. The van der Waals surface area contributed by atoms with Crippen LogP contribution in [0.3, 0.4) is 0 Å². The molecule has 13 heavy (non-hydrogen) atoms. The van der Waals surface area contributed by atoms with Crippen molar-refractivity contribution >= 4 is 11.8 Å². The first-order chi connectivity index (χ1) is 6.11. The van der Waals surface area contributed by atoms with Gasteiger partial charge in [-0.2, -0.15) is 11.8 Å². The van der Waals surface area contributed by atoms with E-state index in [9.17, 15) is 0 Å². The molecule has 0 radical (unpaired) electrons. The Hall–Kier alpha value is -0.550. The van der Waals surface area contributed by atoms with Crippen molar-refractivity contribution in [2.75, 3.05) is 5.75 Å². The Morgan fingerprint density at radius 2 is 2.23 bits per heavy atom. The number of aromatic nitrogens is 3. The van der Waals surface area contributed by atoms with Gasteiger partial charge in [0.2, 0.25) is 0 Å². The molecule has 0 fully saturated rings. The molecular weight excluding hydrogens is 184 g/mol. The quantitative estimate of drug-likeness (QED) is 0.777. The Morgan fingerprint density at radius 3 is 2.69 bits per heavy atom. The van der Waals surface area contributed by atoms with E-state index in [1.165, 1.54) is 0 Å². The molecule has 0 spiro atoms. The van der Waals surface area contributed by atoms with E-state index in [0.717, 1.165) is 23.2 Å². The molecule has 0 bridgehead atoms. The molecule has 5 heteroatoms. The van der Waals surface area contributed by atoms with E-state index in [1.807, 2.05) is 25.5 Å². The van der Waals surface area contributed by atoms with Crippen LogP contribution in [-0.4, -0.2) is 26.6 Å². The van der Waals surface area contributed by atoms with Gasteiger partial charge in [0, 0.05) is 18.8 Å². The fourth-order valence-electron chi connectivity index (χ4n) is 0.913. The first-order valence-corrected chi connectivity index (χ1v) is 5.45. The highest BCUT2D eigenvalue weighted by Crippen LogP contribution is 2.10. The van der Waals surface area contributed by atoms with Gasteiger partial charge in [-0.15, -0.1) is 10.2 Å². The molecule has 0 amide bonds. The summed E-state index contributed by atoms with van der Waals surface area (Å²) in [6.45, 7) is 3.96. The summed E-state index contributed by atoms with van der Waals surface area (Å²) in [5, 5.41) is 8.05. The number of rotatable bonds is 4. The van der Waals surface area contributed by atoms with Crippen molar-refractivity contribution in [3.05, 3.63) is 11.6 Å². The zero-order valence-corrected chi connectivity index (χ0v) is 9.14. The van der Waals surface area contributed by atoms with E-state index in [0.29, 0.717) is 0 Å². The van der Waals surface area contributed by atoms with Gasteiger partial charge in [0.1, 0.15) is 11.6 Å². The van der Waals surface area contributed by atoms with Crippen molar-refractivity contribution in [1.29, 1.82) is 0 Å². The van der Waals surface area contributed by atoms with Crippen LogP contribution in [0.25, 0.3) is 0 Å². The van der Waals surface area contributed by atoms with Crippen molar-refractivity contribution in [2.24, 2.45) is 12.8 Å². The minimum atomic E-state index is 0.249. The van der Waals surface area contributed by atoms with E-state index in [-0.39, 0.29) is 6.04 Å². The van der Waals surface area contributed by atoms with Gasteiger partial charge in [0.25, 0.3) is 0 Å². The highest BCUT2D eigenvalue weighted by molar-refractivity contribution is 7.98. The molecular formula is C8H16N4S. The molecule has 0 aliphatic rings. The smallest absolute Gasteiger partial charge is 0.142 e. The second-order valence-corrected chi connectivity index (χ2v) is 4.25. The summed E-state index contributed by atoms with van der Waals surface area (Å²) in [6.07, 6.45) is 0. The van der Waals surface area contributed by atoms with Crippen molar-refractivity contribution in [1.82, 2.24) is 14.8 Å². The Bertz CT molecular complexity index is 269. The summed E-state index contributed by atoms with van der Waals surface area (Å²) in [7, 11) is 1.98. The van der Waals surface area contributed by atoms with Gasteiger partial charge in [-0.1, -0.05) is 0 Å². The molecule has 1 heterocycles. The number of thioether (sulfide) groups is 1. The van der Waals surface area contributed by atoms with E-state index in [4.69, 9.17) is 5.73 Å². The fourth-order valence-corrected chi connectivity index (χ4v) is 1.84. The Balaban J connectivity index is 2.41. The van der Waals surface area contributed by atoms with E-state index >= 15 is 0 Å². The molecule has 2 N–H and O–H groups in total. The number of nitrogens with two attached hydrogens (primary N) is 1. The Labute approximate surface area is 82.9 Å². The van der Waals surface area contributed by atoms with Crippen LogP contribution in [0.15, 0.2) is 0 Å². The lowest BCUT2D eigenvalue weighted by Gasteiger charge is -2.04. The molecule has 1 rings (SSSR count). The maximum atomic E-state index is 5.64. The summed E-state index contributed by atoms with van der Waals surface area (Å²) < 4.78 is 2.01. The zero-order valence-electron chi connectivity index (χ0n) is 8.32. The van der Waals surface area contributed by atoms with Gasteiger partial charge in [-0.25, -0.2) is 0 Å². The second-order valence-electron chi connectivity index (χ2n) is 3.21. The SMILES string of the molecule is Cc1nnc(CSCC(C)N)n1C. The third kappa shape index (κ3) is 3.00. The summed E-state index contributed by atoms with van der Waals surface area (Å²) in [5.74, 6) is 3.82. The summed E-state index contributed by atoms with van der Waals surface area (Å²) >= 11 is 1.79. The number of nitrogens with zero attached hydrogens (tertiary/aromatic N) is 3. The normalized spacial score (nSPS) is 13.2. The maximum absolute atomic E-state index is 5.64. The molecule has 0 aromatic carbocycles. The highest BCUT2D eigenvalue weighted by atomic mass is 32.2. The van der Waals surface area contributed by atoms with Crippen LogP contribution < -0.4 is 5.73 Å². The predicted molar refractivity (Wildman–Crippen MR) is 55.6 cm³/mol. The molecule has 0 aliphatic heterocycles. The average molecular weight is 200 g/mol. The molecule has 4 nitrogen and oxygen atoms in total. The summed E-state index contributed by atoms with van der Waals surface area (Å²) in [4.78, 5) is 0. The van der Waals surface area contributed by atoms with Crippen LogP contribution in [0.1, 0.15) is 18.6 Å². The molecule has 0 saturated heterocycles. The van der Waals surface area contributed by atoms with Crippen LogP contribution in [0.5, 0.6) is 0 Å². The van der Waals surface area contributed by atoms with Gasteiger partial charge in [-0.05, 0) is 13.8 Å². The second kappa shape index (κ2) is 4.62. The molecule has 1 unspecified atom stereocenters. The van der Waals surface area contributed by atoms with Crippen LogP contribution in [-0.2, 0) is 12.8 Å². The minimum absolute atomic E-state index is 0.249. The first kappa shape index (κ1) is 10.5. The summed E-state index contributed by atoms with van der Waals surface area (Å²) in [6, 6.07) is 0.249. The van der Waals surface area contributed by atoms with Crippen molar-refractivity contribution in [2.45, 2.75) is 25.6 Å². The third-order valence-electron chi connectivity index (χ3n) is 1.79. The number of aryl methyl sites for hydroxylation is 1. The van der Waals surface area contributed by atoms with Crippen LogP contribution in [0.2, 0.25) is 0 Å². The Morgan fingerprint density at radius 1 is 1.54 bits per heavy atom. The molecule has 0 aliphatic carbocycles. The first-order valence-electron chi connectivity index (χ1n) is 4.29. The van der Waals surface area contributed by atoms with E-state index in [1.54, 1.807) is 11.8 Å². The largest absolute Gasteiger partial charge is 0.327 e. The van der Waals surface area contributed by atoms with Gasteiger partial charge < -0.3 is 10.3 Å². The maximum Gasteiger partial charge on any atom is 0.142 e. The molecule has 1 aromatic heterocycles. The lowest BCUT2D eigenvalue weighted by atomic mass is 10.4.